The summed E-state index contributed by atoms with van der Waals surface area (Å²) in [6.07, 6.45) is 2.86. The minimum absolute atomic E-state index is 0.0362. The minimum Gasteiger partial charge on any atom is -0.493 e. The number of carbonyl (C=O) groups excluding carboxylic acids is 1. The van der Waals surface area contributed by atoms with Gasteiger partial charge in [0.25, 0.3) is 0 Å². The van der Waals surface area contributed by atoms with E-state index in [1.807, 2.05) is 6.07 Å². The Hall–Kier alpha value is -3.85. The van der Waals surface area contributed by atoms with Crippen LogP contribution < -0.4 is 15.1 Å². The molecule has 0 aliphatic carbocycles. The highest BCUT2D eigenvalue weighted by atomic mass is 16.5. The van der Waals surface area contributed by atoms with Crippen molar-refractivity contribution in [2.24, 2.45) is 0 Å². The Morgan fingerprint density at radius 1 is 1.19 bits per heavy atom. The van der Waals surface area contributed by atoms with E-state index < -0.39 is 11.4 Å². The van der Waals surface area contributed by atoms with Crippen LogP contribution in [0.4, 0.5) is 0 Å². The molecule has 0 aliphatic rings. The molecule has 0 N–H and O–H groups in total. The van der Waals surface area contributed by atoms with Crippen LogP contribution in [-0.4, -0.2) is 19.5 Å². The van der Waals surface area contributed by atoms with E-state index in [1.165, 1.54) is 19.3 Å². The van der Waals surface area contributed by atoms with Gasteiger partial charge in [0.2, 0.25) is 0 Å². The molecule has 1 aromatic heterocycles. The molecule has 0 unspecified atom stereocenters. The third kappa shape index (κ3) is 4.05. The molecule has 27 heavy (non-hydrogen) atoms. The van der Waals surface area contributed by atoms with E-state index in [1.54, 1.807) is 48.5 Å². The number of ether oxygens (including phenoxy) is 2. The van der Waals surface area contributed by atoms with Gasteiger partial charge >= 0.3 is 5.63 Å². The van der Waals surface area contributed by atoms with Gasteiger partial charge < -0.3 is 13.9 Å². The smallest absolute Gasteiger partial charge is 0.347 e. The molecule has 0 saturated heterocycles. The standard InChI is InChI=1S/C21H15NO5/c1-25-20-12-14(7-9-19(20)26-11-10-22)6-8-17(23)16-13-15-4-2-3-5-18(15)27-21(16)24/h2-9,12-13H,11H2,1H3/b8-6+. The van der Waals surface area contributed by atoms with Gasteiger partial charge in [0, 0.05) is 5.39 Å². The molecular weight excluding hydrogens is 346 g/mol. The molecule has 134 valence electrons. The maximum absolute atomic E-state index is 12.4. The molecule has 0 fully saturated rings. The quantitative estimate of drug-likeness (QED) is 0.379. The Kier molecular flexibility index (Phi) is 5.33. The van der Waals surface area contributed by atoms with E-state index >= 15 is 0 Å². The van der Waals surface area contributed by atoms with E-state index in [0.29, 0.717) is 28.0 Å². The molecule has 1 heterocycles. The minimum atomic E-state index is -0.679. The first-order valence-electron chi connectivity index (χ1n) is 8.05. The Bertz CT molecular complexity index is 1120. The van der Waals surface area contributed by atoms with Gasteiger partial charge in [-0.1, -0.05) is 30.3 Å². The van der Waals surface area contributed by atoms with Crippen molar-refractivity contribution in [1.29, 1.82) is 5.26 Å². The number of hydrogen-bond acceptors (Lipinski definition) is 6. The molecule has 0 spiro atoms. The van der Waals surface area contributed by atoms with Gasteiger partial charge in [-0.2, -0.15) is 5.26 Å². The molecule has 2 aromatic carbocycles. The van der Waals surface area contributed by atoms with E-state index in [2.05, 4.69) is 0 Å². The van der Waals surface area contributed by atoms with Crippen LogP contribution in [0.1, 0.15) is 15.9 Å². The fourth-order valence-corrected chi connectivity index (χ4v) is 2.51. The Labute approximate surface area is 154 Å². The fraction of sp³-hybridized carbons (Fsp3) is 0.0952. The first-order chi connectivity index (χ1) is 13.1. The second-order valence-corrected chi connectivity index (χ2v) is 5.54. The van der Waals surface area contributed by atoms with Gasteiger partial charge in [0.05, 0.1) is 7.11 Å². The van der Waals surface area contributed by atoms with Crippen LogP contribution in [0, 0.1) is 11.3 Å². The van der Waals surface area contributed by atoms with Crippen molar-refractivity contribution in [2.75, 3.05) is 13.7 Å². The summed E-state index contributed by atoms with van der Waals surface area (Å²) in [6, 6.07) is 15.4. The normalized spacial score (nSPS) is 10.7. The number of nitriles is 1. The van der Waals surface area contributed by atoms with Crippen molar-refractivity contribution in [2.45, 2.75) is 0 Å². The molecule has 6 nitrogen and oxygen atoms in total. The largest absolute Gasteiger partial charge is 0.493 e. The van der Waals surface area contributed by atoms with Gasteiger partial charge in [0.1, 0.15) is 17.2 Å². The van der Waals surface area contributed by atoms with Crippen molar-refractivity contribution < 1.29 is 18.7 Å². The van der Waals surface area contributed by atoms with E-state index in [0.717, 1.165) is 0 Å². The first-order valence-corrected chi connectivity index (χ1v) is 8.05. The molecule has 0 saturated carbocycles. The van der Waals surface area contributed by atoms with Crippen molar-refractivity contribution in [1.82, 2.24) is 0 Å². The number of nitrogens with zero attached hydrogens (tertiary/aromatic N) is 1. The van der Waals surface area contributed by atoms with Gasteiger partial charge in [-0.25, -0.2) is 4.79 Å². The molecular formula is C21H15NO5. The summed E-state index contributed by atoms with van der Waals surface area (Å²) in [4.78, 5) is 24.5. The zero-order chi connectivity index (χ0) is 19.2. The predicted molar refractivity (Wildman–Crippen MR) is 100.0 cm³/mol. The fourth-order valence-electron chi connectivity index (χ4n) is 2.51. The number of methoxy groups -OCH3 is 1. The topological polar surface area (TPSA) is 89.5 Å². The highest BCUT2D eigenvalue weighted by molar-refractivity contribution is 6.07. The van der Waals surface area contributed by atoms with E-state index in [-0.39, 0.29) is 12.2 Å². The summed E-state index contributed by atoms with van der Waals surface area (Å²) < 4.78 is 15.7. The number of para-hydroxylation sites is 1. The lowest BCUT2D eigenvalue weighted by molar-refractivity contribution is 0.104. The average molecular weight is 361 g/mol. The zero-order valence-corrected chi connectivity index (χ0v) is 14.5. The lowest BCUT2D eigenvalue weighted by Crippen LogP contribution is -2.11. The monoisotopic (exact) mass is 361 g/mol. The van der Waals surface area contributed by atoms with Crippen LogP contribution in [-0.2, 0) is 0 Å². The van der Waals surface area contributed by atoms with Crippen molar-refractivity contribution in [3.05, 3.63) is 76.2 Å². The van der Waals surface area contributed by atoms with Crippen molar-refractivity contribution in [3.63, 3.8) is 0 Å². The number of hydrogen-bond donors (Lipinski definition) is 0. The van der Waals surface area contributed by atoms with E-state index in [9.17, 15) is 9.59 Å². The molecule has 3 rings (SSSR count). The Morgan fingerprint density at radius 2 is 2.00 bits per heavy atom. The second-order valence-electron chi connectivity index (χ2n) is 5.54. The number of carbonyl (C=O) groups is 1. The molecule has 0 atom stereocenters. The Morgan fingerprint density at radius 3 is 2.78 bits per heavy atom. The zero-order valence-electron chi connectivity index (χ0n) is 14.5. The lowest BCUT2D eigenvalue weighted by Gasteiger charge is -2.08. The summed E-state index contributed by atoms with van der Waals surface area (Å²) in [5, 5.41) is 9.27. The summed E-state index contributed by atoms with van der Waals surface area (Å²) in [7, 11) is 1.48. The Balaban J connectivity index is 1.86. The highest BCUT2D eigenvalue weighted by Crippen LogP contribution is 2.28. The van der Waals surface area contributed by atoms with Crippen LogP contribution in [0.15, 0.2) is 63.8 Å². The molecule has 0 bridgehead atoms. The molecule has 0 aliphatic heterocycles. The number of ketones is 1. The maximum Gasteiger partial charge on any atom is 0.347 e. The van der Waals surface area contributed by atoms with Crippen LogP contribution in [0.25, 0.3) is 17.0 Å². The SMILES string of the molecule is COc1cc(/C=C/C(=O)c2cc3ccccc3oc2=O)ccc1OCC#N. The highest BCUT2D eigenvalue weighted by Gasteiger charge is 2.11. The summed E-state index contributed by atoms with van der Waals surface area (Å²) in [6.45, 7) is -0.0955. The second kappa shape index (κ2) is 8.02. The predicted octanol–water partition coefficient (Wildman–Crippen LogP) is 3.60. The first kappa shape index (κ1) is 18.0. The van der Waals surface area contributed by atoms with E-state index in [4.69, 9.17) is 19.2 Å². The number of rotatable bonds is 6. The van der Waals surface area contributed by atoms with Gasteiger partial charge in [-0.05, 0) is 35.9 Å². The third-order valence-electron chi connectivity index (χ3n) is 3.81. The lowest BCUT2D eigenvalue weighted by atomic mass is 10.1. The van der Waals surface area contributed by atoms with Gasteiger partial charge in [0.15, 0.2) is 23.9 Å². The molecule has 0 amide bonds. The number of allylic oxidation sites excluding steroid dienone is 1. The molecule has 0 radical (unpaired) electrons. The molecule has 6 heteroatoms. The van der Waals surface area contributed by atoms with Gasteiger partial charge in [-0.15, -0.1) is 0 Å². The van der Waals surface area contributed by atoms with Crippen LogP contribution in [0.5, 0.6) is 11.5 Å². The van der Waals surface area contributed by atoms with Crippen LogP contribution in [0.2, 0.25) is 0 Å². The number of benzene rings is 2. The van der Waals surface area contributed by atoms with Crippen molar-refractivity contribution in [3.8, 4) is 17.6 Å². The summed E-state index contributed by atoms with van der Waals surface area (Å²) in [5.41, 5.74) is 0.391. The third-order valence-corrected chi connectivity index (χ3v) is 3.81. The number of fused-ring (bicyclic) bond motifs is 1. The van der Waals surface area contributed by atoms with Crippen LogP contribution in [0.3, 0.4) is 0 Å². The summed E-state index contributed by atoms with van der Waals surface area (Å²) in [5.74, 6) is 0.404. The van der Waals surface area contributed by atoms with Gasteiger partial charge in [-0.3, -0.25) is 4.79 Å². The average Bonchev–Trinajstić information content (AvgIpc) is 2.70. The summed E-state index contributed by atoms with van der Waals surface area (Å²) >= 11 is 0. The van der Waals surface area contributed by atoms with Crippen molar-refractivity contribution >= 4 is 22.8 Å². The van der Waals surface area contributed by atoms with Crippen LogP contribution >= 0.6 is 0 Å². The molecule has 3 aromatic rings. The maximum atomic E-state index is 12.4.